The summed E-state index contributed by atoms with van der Waals surface area (Å²) in [6.07, 6.45) is 6.24. The molecule has 1 atom stereocenters. The molecule has 1 aromatic heterocycles. The van der Waals surface area contributed by atoms with Crippen molar-refractivity contribution in [3.8, 4) is 0 Å². The van der Waals surface area contributed by atoms with Gasteiger partial charge < -0.3 is 14.6 Å². The van der Waals surface area contributed by atoms with E-state index in [0.717, 1.165) is 30.2 Å². The van der Waals surface area contributed by atoms with Crippen molar-refractivity contribution in [3.05, 3.63) is 83.0 Å². The number of hydrogen-bond donors (Lipinski definition) is 1. The van der Waals surface area contributed by atoms with E-state index in [0.29, 0.717) is 37.3 Å². The van der Waals surface area contributed by atoms with Gasteiger partial charge in [0, 0.05) is 25.9 Å². The molecule has 1 aliphatic heterocycles. The predicted molar refractivity (Wildman–Crippen MR) is 133 cm³/mol. The summed E-state index contributed by atoms with van der Waals surface area (Å²) in [6.45, 7) is 4.76. The van der Waals surface area contributed by atoms with Crippen LogP contribution in [0.2, 0.25) is 0 Å². The first-order chi connectivity index (χ1) is 17.3. The molecule has 2 aromatic rings. The zero-order valence-corrected chi connectivity index (χ0v) is 20.6. The second kappa shape index (κ2) is 11.5. The number of aromatic nitrogens is 2. The van der Waals surface area contributed by atoms with Crippen LogP contribution in [0.1, 0.15) is 79.4 Å². The highest BCUT2D eigenvalue weighted by Gasteiger charge is 2.28. The summed E-state index contributed by atoms with van der Waals surface area (Å²) in [5.74, 6) is -1.94. The number of ether oxygens (including phenoxy) is 1. The van der Waals surface area contributed by atoms with Gasteiger partial charge >= 0.3 is 5.97 Å². The monoisotopic (exact) mass is 495 g/mol. The van der Waals surface area contributed by atoms with Gasteiger partial charge in [0.25, 0.3) is 5.91 Å². The number of benzene rings is 1. The van der Waals surface area contributed by atoms with Crippen molar-refractivity contribution in [3.63, 3.8) is 0 Å². The van der Waals surface area contributed by atoms with E-state index in [1.165, 1.54) is 12.2 Å². The fraction of sp³-hybridized carbons (Fsp3) is 0.393. The van der Waals surface area contributed by atoms with Crippen molar-refractivity contribution in [1.29, 1.82) is 0 Å². The van der Waals surface area contributed by atoms with E-state index in [9.17, 15) is 18.4 Å². The quantitative estimate of drug-likeness (QED) is 0.462. The number of halogens is 2. The third kappa shape index (κ3) is 5.98. The predicted octanol–water partition coefficient (Wildman–Crippen LogP) is 5.92. The van der Waals surface area contributed by atoms with E-state index in [-0.39, 0.29) is 36.0 Å². The summed E-state index contributed by atoms with van der Waals surface area (Å²) >= 11 is 0. The third-order valence-corrected chi connectivity index (χ3v) is 6.39. The van der Waals surface area contributed by atoms with E-state index in [2.05, 4.69) is 5.32 Å². The molecule has 0 spiro atoms. The molecule has 0 bridgehead atoms. The molecule has 0 saturated carbocycles. The molecule has 1 fully saturated rings. The Bertz CT molecular complexity index is 1210. The molecular formula is C28H31F2N3O3. The first-order valence-corrected chi connectivity index (χ1v) is 12.4. The van der Waals surface area contributed by atoms with Crippen molar-refractivity contribution >= 4 is 17.4 Å². The van der Waals surface area contributed by atoms with Crippen molar-refractivity contribution in [2.75, 3.05) is 0 Å². The summed E-state index contributed by atoms with van der Waals surface area (Å²) in [7, 11) is 0. The van der Waals surface area contributed by atoms with Crippen LogP contribution in [0.4, 0.5) is 8.78 Å². The molecule has 36 heavy (non-hydrogen) atoms. The minimum absolute atomic E-state index is 0.0523. The molecule has 190 valence electrons. The van der Waals surface area contributed by atoms with Crippen LogP contribution in [-0.4, -0.2) is 27.5 Å². The van der Waals surface area contributed by atoms with E-state index in [4.69, 9.17) is 9.72 Å². The summed E-state index contributed by atoms with van der Waals surface area (Å²) in [5.41, 5.74) is 2.58. The minimum Gasteiger partial charge on any atom is -0.462 e. The first-order valence-electron chi connectivity index (χ1n) is 12.4. The van der Waals surface area contributed by atoms with Crippen LogP contribution in [0.3, 0.4) is 0 Å². The number of carbonyl (C=O) groups excluding carboxylic acids is 2. The Morgan fingerprint density at radius 3 is 2.69 bits per heavy atom. The minimum atomic E-state index is -0.942. The lowest BCUT2D eigenvalue weighted by atomic mass is 10.0. The topological polar surface area (TPSA) is 73.2 Å². The average Bonchev–Trinajstić information content (AvgIpc) is 3.17. The number of imidazole rings is 1. The van der Waals surface area contributed by atoms with Gasteiger partial charge in [0.05, 0.1) is 5.69 Å². The number of nitrogens with zero attached hydrogens (tertiary/aromatic N) is 2. The normalized spacial score (nSPS) is 18.2. The Kier molecular flexibility index (Phi) is 8.13. The molecule has 6 nitrogen and oxygen atoms in total. The highest BCUT2D eigenvalue weighted by atomic mass is 19.2. The van der Waals surface area contributed by atoms with Gasteiger partial charge in [-0.15, -0.1) is 0 Å². The molecule has 1 unspecified atom stereocenters. The molecule has 4 rings (SSSR count). The van der Waals surface area contributed by atoms with Crippen LogP contribution in [0.25, 0.3) is 5.57 Å². The third-order valence-electron chi connectivity index (χ3n) is 6.39. The number of hydrogen-bond acceptors (Lipinski definition) is 4. The van der Waals surface area contributed by atoms with Crippen LogP contribution < -0.4 is 5.32 Å². The zero-order chi connectivity index (χ0) is 25.7. The lowest BCUT2D eigenvalue weighted by Gasteiger charge is -2.24. The smallest absolute Gasteiger partial charge is 0.306 e. The number of nitrogens with one attached hydrogen (secondary N) is 1. The van der Waals surface area contributed by atoms with E-state index >= 15 is 0 Å². The summed E-state index contributed by atoms with van der Waals surface area (Å²) in [6, 6.07) is 9.58. The van der Waals surface area contributed by atoms with Crippen molar-refractivity contribution in [2.45, 2.75) is 71.1 Å². The van der Waals surface area contributed by atoms with Gasteiger partial charge in [-0.3, -0.25) is 9.59 Å². The van der Waals surface area contributed by atoms with E-state index in [1.807, 2.05) is 48.7 Å². The largest absolute Gasteiger partial charge is 0.462 e. The summed E-state index contributed by atoms with van der Waals surface area (Å²) in [5, 5.41) is 2.94. The van der Waals surface area contributed by atoms with Crippen LogP contribution >= 0.6 is 0 Å². The van der Waals surface area contributed by atoms with Crippen molar-refractivity contribution in [1.82, 2.24) is 14.9 Å². The molecule has 1 aromatic carbocycles. The maximum absolute atomic E-state index is 13.9. The van der Waals surface area contributed by atoms with Gasteiger partial charge in [0.1, 0.15) is 17.6 Å². The first kappa shape index (κ1) is 25.5. The Morgan fingerprint density at radius 2 is 1.97 bits per heavy atom. The Hall–Kier alpha value is -3.55. The van der Waals surface area contributed by atoms with Crippen LogP contribution in [0.15, 0.2) is 60.2 Å². The molecule has 8 heteroatoms. The fourth-order valence-electron chi connectivity index (χ4n) is 4.59. The number of esters is 1. The van der Waals surface area contributed by atoms with E-state index in [1.54, 1.807) is 0 Å². The maximum atomic E-state index is 13.9. The fourth-order valence-corrected chi connectivity index (χ4v) is 4.59. The molecule has 1 aliphatic carbocycles. The summed E-state index contributed by atoms with van der Waals surface area (Å²) in [4.78, 5) is 29.8. The second-order valence-corrected chi connectivity index (χ2v) is 9.40. The zero-order valence-electron chi connectivity index (χ0n) is 20.6. The van der Waals surface area contributed by atoms with Crippen LogP contribution in [0, 0.1) is 0 Å². The Balaban J connectivity index is 1.68. The second-order valence-electron chi connectivity index (χ2n) is 9.40. The van der Waals surface area contributed by atoms with Gasteiger partial charge in [-0.05, 0) is 48.5 Å². The van der Waals surface area contributed by atoms with Gasteiger partial charge in [-0.25, -0.2) is 13.8 Å². The molecule has 1 saturated heterocycles. The lowest BCUT2D eigenvalue weighted by Crippen LogP contribution is -2.26. The van der Waals surface area contributed by atoms with Crippen molar-refractivity contribution < 1.29 is 23.1 Å². The van der Waals surface area contributed by atoms with Gasteiger partial charge in [-0.1, -0.05) is 50.3 Å². The molecule has 2 heterocycles. The van der Waals surface area contributed by atoms with Gasteiger partial charge in [0.2, 0.25) is 0 Å². The molecule has 0 radical (unpaired) electrons. The standard InChI is InChI=1S/C28H31F2N3O3/c1-18(2)26-25(28(35)31-17-19-7-4-3-5-8-19)32-27(20-11-13-22(29)23(30)14-12-20)33(26)16-15-21-9-6-10-24(34)36-21/h3-5,7-8,11,13-14,18,21H,6,9-10,12,15-17H2,1-2H3,(H,31,35). The van der Waals surface area contributed by atoms with Crippen LogP contribution in [0.5, 0.6) is 0 Å². The number of amides is 1. The molecule has 1 N–H and O–H groups in total. The molecular weight excluding hydrogens is 464 g/mol. The van der Waals surface area contributed by atoms with Gasteiger partial charge in [0.15, 0.2) is 11.7 Å². The number of rotatable bonds is 8. The summed E-state index contributed by atoms with van der Waals surface area (Å²) < 4.78 is 35.2. The number of allylic oxidation sites excluding steroid dienone is 6. The Morgan fingerprint density at radius 1 is 1.19 bits per heavy atom. The maximum Gasteiger partial charge on any atom is 0.306 e. The Labute approximate surface area is 209 Å². The number of cyclic esters (lactones) is 1. The SMILES string of the molecule is CC(C)c1c(C(=O)NCc2ccccc2)nc(C2=CC=C(F)C(F)=CC2)n1CCC1CCCC(=O)O1. The molecule has 1 amide bonds. The van der Waals surface area contributed by atoms with Crippen LogP contribution in [-0.2, 0) is 22.6 Å². The number of carbonyl (C=O) groups is 2. The lowest BCUT2D eigenvalue weighted by molar-refractivity contribution is -0.154. The van der Waals surface area contributed by atoms with E-state index < -0.39 is 11.7 Å². The highest BCUT2D eigenvalue weighted by Crippen LogP contribution is 2.31. The van der Waals surface area contributed by atoms with Crippen molar-refractivity contribution in [2.24, 2.45) is 0 Å². The molecule has 2 aliphatic rings. The average molecular weight is 496 g/mol. The highest BCUT2D eigenvalue weighted by molar-refractivity contribution is 5.94. The van der Waals surface area contributed by atoms with Gasteiger partial charge in [-0.2, -0.15) is 0 Å².